The van der Waals surface area contributed by atoms with E-state index in [9.17, 15) is 0 Å². The van der Waals surface area contributed by atoms with Crippen LogP contribution in [0.3, 0.4) is 0 Å². The summed E-state index contributed by atoms with van der Waals surface area (Å²) in [7, 11) is 0. The summed E-state index contributed by atoms with van der Waals surface area (Å²) in [5.74, 6) is 1.16. The van der Waals surface area contributed by atoms with E-state index in [1.165, 1.54) is 11.1 Å². The van der Waals surface area contributed by atoms with E-state index in [1.54, 1.807) is 6.20 Å². The number of aromatic nitrogens is 4. The van der Waals surface area contributed by atoms with Crippen LogP contribution in [0.5, 0.6) is 0 Å². The van der Waals surface area contributed by atoms with Crippen molar-refractivity contribution >= 4 is 0 Å². The molecule has 5 heteroatoms. The van der Waals surface area contributed by atoms with Crippen LogP contribution in [0.2, 0.25) is 0 Å². The lowest BCUT2D eigenvalue weighted by molar-refractivity contribution is 0.279. The maximum absolute atomic E-state index is 5.34. The molecule has 0 saturated heterocycles. The Morgan fingerprint density at radius 1 is 1.27 bits per heavy atom. The minimum absolute atomic E-state index is 0.105. The van der Waals surface area contributed by atoms with Crippen LogP contribution in [-0.4, -0.2) is 19.7 Å². The topological polar surface area (TPSA) is 56.7 Å². The van der Waals surface area contributed by atoms with Crippen LogP contribution in [0, 0.1) is 12.3 Å². The van der Waals surface area contributed by atoms with Gasteiger partial charge in [-0.1, -0.05) is 43.3 Å². The Labute approximate surface area is 129 Å². The normalized spacial score (nSPS) is 19.3. The SMILES string of the molecule is Cc1noc(-c2cncn2C2c3ccccc3CC2(C)C)n1. The second kappa shape index (κ2) is 4.53. The summed E-state index contributed by atoms with van der Waals surface area (Å²) in [6, 6.07) is 8.84. The molecule has 0 saturated carbocycles. The van der Waals surface area contributed by atoms with Crippen LogP contribution in [0.15, 0.2) is 41.3 Å². The predicted molar refractivity (Wildman–Crippen MR) is 82.3 cm³/mol. The molecule has 0 N–H and O–H groups in total. The second-order valence-corrected chi connectivity index (χ2v) is 6.60. The number of nitrogens with zero attached hydrogens (tertiary/aromatic N) is 4. The zero-order valence-corrected chi connectivity index (χ0v) is 12.9. The van der Waals surface area contributed by atoms with Gasteiger partial charge in [-0.2, -0.15) is 4.98 Å². The zero-order valence-electron chi connectivity index (χ0n) is 12.9. The number of aryl methyl sites for hydroxylation is 1. The minimum Gasteiger partial charge on any atom is -0.332 e. The molecule has 4 rings (SSSR count). The molecule has 0 aliphatic heterocycles. The Balaban J connectivity index is 1.87. The average molecular weight is 294 g/mol. The van der Waals surface area contributed by atoms with Crippen molar-refractivity contribution in [3.63, 3.8) is 0 Å². The molecule has 112 valence electrons. The first-order valence-corrected chi connectivity index (χ1v) is 7.46. The molecule has 1 atom stereocenters. The summed E-state index contributed by atoms with van der Waals surface area (Å²) in [4.78, 5) is 8.68. The van der Waals surface area contributed by atoms with E-state index >= 15 is 0 Å². The standard InChI is InChI=1S/C17H18N4O/c1-11-19-16(22-20-11)14-9-18-10-21(14)15-13-7-5-4-6-12(13)8-17(15,2)3/h4-7,9-10,15H,8H2,1-3H3. The molecule has 5 nitrogen and oxygen atoms in total. The van der Waals surface area contributed by atoms with Gasteiger partial charge in [0.15, 0.2) is 5.82 Å². The Kier molecular flexibility index (Phi) is 2.73. The van der Waals surface area contributed by atoms with Crippen LogP contribution < -0.4 is 0 Å². The van der Waals surface area contributed by atoms with E-state index in [0.717, 1.165) is 12.1 Å². The van der Waals surface area contributed by atoms with Gasteiger partial charge >= 0.3 is 0 Å². The Morgan fingerprint density at radius 3 is 2.86 bits per heavy atom. The molecule has 2 aromatic heterocycles. The summed E-state index contributed by atoms with van der Waals surface area (Å²) in [6.45, 7) is 6.41. The lowest BCUT2D eigenvalue weighted by atomic mass is 9.85. The van der Waals surface area contributed by atoms with Crippen LogP contribution in [-0.2, 0) is 6.42 Å². The Hall–Kier alpha value is -2.43. The van der Waals surface area contributed by atoms with Crippen molar-refractivity contribution < 1.29 is 4.52 Å². The number of hydrogen-bond acceptors (Lipinski definition) is 4. The third-order valence-corrected chi connectivity index (χ3v) is 4.43. The molecule has 2 heterocycles. The molecule has 3 aromatic rings. The van der Waals surface area contributed by atoms with Gasteiger partial charge in [0.2, 0.25) is 0 Å². The van der Waals surface area contributed by atoms with Crippen molar-refractivity contribution in [3.8, 4) is 11.6 Å². The third kappa shape index (κ3) is 1.89. The molecule has 0 amide bonds. The highest BCUT2D eigenvalue weighted by molar-refractivity contribution is 5.49. The molecule has 0 radical (unpaired) electrons. The molecule has 1 aliphatic rings. The van der Waals surface area contributed by atoms with Gasteiger partial charge < -0.3 is 9.09 Å². The van der Waals surface area contributed by atoms with Crippen molar-refractivity contribution in [2.75, 3.05) is 0 Å². The van der Waals surface area contributed by atoms with E-state index in [2.05, 4.69) is 57.8 Å². The lowest BCUT2D eigenvalue weighted by Crippen LogP contribution is -2.24. The van der Waals surface area contributed by atoms with Crippen molar-refractivity contribution in [2.24, 2.45) is 5.41 Å². The summed E-state index contributed by atoms with van der Waals surface area (Å²) < 4.78 is 7.51. The van der Waals surface area contributed by atoms with Crippen LogP contribution in [0.4, 0.5) is 0 Å². The fourth-order valence-electron chi connectivity index (χ4n) is 3.57. The highest BCUT2D eigenvalue weighted by atomic mass is 16.5. The summed E-state index contributed by atoms with van der Waals surface area (Å²) in [5, 5.41) is 3.89. The number of hydrogen-bond donors (Lipinski definition) is 0. The van der Waals surface area contributed by atoms with Gasteiger partial charge in [-0.25, -0.2) is 4.98 Å². The number of fused-ring (bicyclic) bond motifs is 1. The first-order valence-electron chi connectivity index (χ1n) is 7.46. The molecule has 0 spiro atoms. The van der Waals surface area contributed by atoms with Gasteiger partial charge in [0.1, 0.15) is 5.69 Å². The van der Waals surface area contributed by atoms with Gasteiger partial charge in [-0.3, -0.25) is 0 Å². The highest BCUT2D eigenvalue weighted by Gasteiger charge is 2.41. The molecule has 1 unspecified atom stereocenters. The molecule has 22 heavy (non-hydrogen) atoms. The van der Waals surface area contributed by atoms with E-state index in [4.69, 9.17) is 4.52 Å². The number of imidazole rings is 1. The van der Waals surface area contributed by atoms with Crippen molar-refractivity contribution in [1.29, 1.82) is 0 Å². The first kappa shape index (κ1) is 13.2. The number of benzene rings is 1. The molecule has 1 aliphatic carbocycles. The summed E-state index contributed by atoms with van der Waals surface area (Å²) in [6.07, 6.45) is 4.71. The summed E-state index contributed by atoms with van der Waals surface area (Å²) in [5.41, 5.74) is 3.73. The van der Waals surface area contributed by atoms with Crippen LogP contribution in [0.1, 0.15) is 36.8 Å². The Bertz CT molecular complexity index is 831. The lowest BCUT2D eigenvalue weighted by Gasteiger charge is -2.29. The minimum atomic E-state index is 0.105. The van der Waals surface area contributed by atoms with Crippen molar-refractivity contribution in [3.05, 3.63) is 53.7 Å². The smallest absolute Gasteiger partial charge is 0.276 e. The highest BCUT2D eigenvalue weighted by Crippen LogP contribution is 2.48. The summed E-state index contributed by atoms with van der Waals surface area (Å²) >= 11 is 0. The maximum Gasteiger partial charge on any atom is 0.276 e. The van der Waals surface area contributed by atoms with Crippen LogP contribution >= 0.6 is 0 Å². The largest absolute Gasteiger partial charge is 0.332 e. The van der Waals surface area contributed by atoms with Gasteiger partial charge in [-0.05, 0) is 29.9 Å². The monoisotopic (exact) mass is 294 g/mol. The van der Waals surface area contributed by atoms with Gasteiger partial charge in [0.05, 0.1) is 18.6 Å². The number of rotatable bonds is 2. The Morgan fingerprint density at radius 2 is 2.09 bits per heavy atom. The van der Waals surface area contributed by atoms with Gasteiger partial charge in [0, 0.05) is 0 Å². The molecule has 0 bridgehead atoms. The molecular weight excluding hydrogens is 276 g/mol. The fourth-order valence-corrected chi connectivity index (χ4v) is 3.57. The molecule has 0 fully saturated rings. The first-order chi connectivity index (χ1) is 10.6. The predicted octanol–water partition coefficient (Wildman–Crippen LogP) is 3.41. The van der Waals surface area contributed by atoms with E-state index in [0.29, 0.717) is 11.7 Å². The average Bonchev–Trinajstić information content (AvgIpc) is 3.13. The fraction of sp³-hybridized carbons (Fsp3) is 0.353. The zero-order chi connectivity index (χ0) is 15.3. The molecule has 1 aromatic carbocycles. The quantitative estimate of drug-likeness (QED) is 0.726. The maximum atomic E-state index is 5.34. The second-order valence-electron chi connectivity index (χ2n) is 6.60. The van der Waals surface area contributed by atoms with Crippen molar-refractivity contribution in [2.45, 2.75) is 33.2 Å². The van der Waals surface area contributed by atoms with E-state index < -0.39 is 0 Å². The molecular formula is C17H18N4O. The van der Waals surface area contributed by atoms with Crippen molar-refractivity contribution in [1.82, 2.24) is 19.7 Å². The van der Waals surface area contributed by atoms with Gasteiger partial charge in [-0.15, -0.1) is 0 Å². The van der Waals surface area contributed by atoms with E-state index in [-0.39, 0.29) is 11.5 Å². The van der Waals surface area contributed by atoms with Gasteiger partial charge in [0.25, 0.3) is 5.89 Å². The van der Waals surface area contributed by atoms with E-state index in [1.807, 2.05) is 13.3 Å². The van der Waals surface area contributed by atoms with Crippen LogP contribution in [0.25, 0.3) is 11.6 Å². The third-order valence-electron chi connectivity index (χ3n) is 4.43.